The third-order valence-electron chi connectivity index (χ3n) is 2.87. The van der Waals surface area contributed by atoms with Crippen LogP contribution >= 0.6 is 12.4 Å². The van der Waals surface area contributed by atoms with Crippen molar-refractivity contribution in [3.63, 3.8) is 0 Å². The van der Waals surface area contributed by atoms with E-state index in [0.717, 1.165) is 5.56 Å². The number of aromatic hydroxyl groups is 1. The van der Waals surface area contributed by atoms with Crippen LogP contribution < -0.4 is 5.32 Å². The van der Waals surface area contributed by atoms with Gasteiger partial charge in [-0.15, -0.1) is 12.4 Å². The Hall–Kier alpha value is -0.770. The van der Waals surface area contributed by atoms with Crippen LogP contribution in [0.5, 0.6) is 5.75 Å². The highest BCUT2D eigenvalue weighted by Gasteiger charge is 2.36. The molecule has 1 aromatic carbocycles. The van der Waals surface area contributed by atoms with Crippen molar-refractivity contribution in [2.24, 2.45) is 0 Å². The van der Waals surface area contributed by atoms with E-state index in [1.165, 1.54) is 0 Å². The van der Waals surface area contributed by atoms with Crippen LogP contribution in [0.25, 0.3) is 0 Å². The van der Waals surface area contributed by atoms with Crippen molar-refractivity contribution in [3.8, 4) is 5.75 Å². The number of β-amino-alcohol motifs (C(OH)–C–C–N with tert-alkyl or cyclic N) is 1. The van der Waals surface area contributed by atoms with Gasteiger partial charge in [-0.2, -0.15) is 0 Å². The molecule has 1 aliphatic heterocycles. The van der Waals surface area contributed by atoms with Crippen molar-refractivity contribution in [2.75, 3.05) is 6.54 Å². The van der Waals surface area contributed by atoms with Gasteiger partial charge >= 0.3 is 0 Å². The smallest absolute Gasteiger partial charge is 0.120 e. The summed E-state index contributed by atoms with van der Waals surface area (Å²) in [5.41, 5.74) is 0.557. The van der Waals surface area contributed by atoms with Crippen LogP contribution in [0.4, 0.5) is 0 Å². The Bertz CT molecular complexity index is 345. The summed E-state index contributed by atoms with van der Waals surface area (Å²) in [6.45, 7) is 2.59. The molecule has 1 aliphatic rings. The number of aliphatic hydroxyl groups excluding tert-OH is 1. The third kappa shape index (κ3) is 2.25. The highest BCUT2D eigenvalue weighted by Crippen LogP contribution is 2.35. The first kappa shape index (κ1) is 12.3. The summed E-state index contributed by atoms with van der Waals surface area (Å²) in [6.07, 6.45) is 0.324. The minimum Gasteiger partial charge on any atom is -0.508 e. The lowest BCUT2D eigenvalue weighted by molar-refractivity contribution is 0.186. The Labute approximate surface area is 95.5 Å². The number of hydrogen-bond acceptors (Lipinski definition) is 3. The molecule has 2 atom stereocenters. The van der Waals surface area contributed by atoms with Crippen molar-refractivity contribution in [1.29, 1.82) is 0 Å². The standard InChI is InChI=1S/C11H15NO2.ClH/c1-11(6-8(13)7-12-11)9-4-2-3-5-10(9)14;/h2-5,8,12-14H,6-7H2,1H3;1H. The topological polar surface area (TPSA) is 52.5 Å². The minimum atomic E-state index is -0.320. The summed E-state index contributed by atoms with van der Waals surface area (Å²) in [6, 6.07) is 7.26. The number of phenolic OH excluding ortho intramolecular Hbond substituents is 1. The minimum absolute atomic E-state index is 0. The number of hydrogen-bond donors (Lipinski definition) is 3. The molecule has 0 radical (unpaired) electrons. The first-order valence-electron chi connectivity index (χ1n) is 4.83. The molecule has 2 unspecified atom stereocenters. The molecular formula is C11H16ClNO2. The molecule has 3 nitrogen and oxygen atoms in total. The quantitative estimate of drug-likeness (QED) is 0.682. The number of aliphatic hydroxyl groups is 1. The summed E-state index contributed by atoms with van der Waals surface area (Å²) in [5.74, 6) is 0.289. The van der Waals surface area contributed by atoms with E-state index < -0.39 is 0 Å². The molecule has 2 rings (SSSR count). The molecular weight excluding hydrogens is 214 g/mol. The third-order valence-corrected chi connectivity index (χ3v) is 2.87. The van der Waals surface area contributed by atoms with Crippen molar-refractivity contribution in [3.05, 3.63) is 29.8 Å². The van der Waals surface area contributed by atoms with Crippen LogP contribution in [0.3, 0.4) is 0 Å². The lowest BCUT2D eigenvalue weighted by Gasteiger charge is -2.25. The number of phenols is 1. The van der Waals surface area contributed by atoms with E-state index in [-0.39, 0.29) is 29.8 Å². The molecule has 0 saturated carbocycles. The van der Waals surface area contributed by atoms with Crippen molar-refractivity contribution in [1.82, 2.24) is 5.32 Å². The molecule has 4 heteroatoms. The number of para-hydroxylation sites is 1. The normalized spacial score (nSPS) is 29.9. The first-order chi connectivity index (χ1) is 6.62. The van der Waals surface area contributed by atoms with Gasteiger partial charge in [0.2, 0.25) is 0 Å². The van der Waals surface area contributed by atoms with E-state index in [1.807, 2.05) is 19.1 Å². The van der Waals surface area contributed by atoms with Crippen LogP contribution in [0.1, 0.15) is 18.9 Å². The van der Waals surface area contributed by atoms with Crippen LogP contribution in [0.15, 0.2) is 24.3 Å². The van der Waals surface area contributed by atoms with Gasteiger partial charge < -0.3 is 15.5 Å². The molecule has 1 aromatic rings. The van der Waals surface area contributed by atoms with Gasteiger partial charge in [-0.3, -0.25) is 0 Å². The molecule has 1 fully saturated rings. The predicted molar refractivity (Wildman–Crippen MR) is 61.3 cm³/mol. The molecule has 84 valence electrons. The molecule has 15 heavy (non-hydrogen) atoms. The van der Waals surface area contributed by atoms with Crippen LogP contribution in [0.2, 0.25) is 0 Å². The van der Waals surface area contributed by atoms with E-state index in [1.54, 1.807) is 12.1 Å². The van der Waals surface area contributed by atoms with E-state index in [4.69, 9.17) is 0 Å². The Kier molecular flexibility index (Phi) is 3.60. The largest absolute Gasteiger partial charge is 0.508 e. The highest BCUT2D eigenvalue weighted by atomic mass is 35.5. The SMILES string of the molecule is CC1(c2ccccc2O)CC(O)CN1.Cl. The van der Waals surface area contributed by atoms with E-state index in [0.29, 0.717) is 13.0 Å². The summed E-state index contributed by atoms with van der Waals surface area (Å²) < 4.78 is 0. The van der Waals surface area contributed by atoms with Gasteiger partial charge in [0.25, 0.3) is 0 Å². The fourth-order valence-corrected chi connectivity index (χ4v) is 2.10. The zero-order chi connectivity index (χ0) is 10.2. The molecule has 0 amide bonds. The van der Waals surface area contributed by atoms with Crippen LogP contribution in [-0.2, 0) is 5.54 Å². The van der Waals surface area contributed by atoms with Gasteiger partial charge in [0.05, 0.1) is 6.10 Å². The van der Waals surface area contributed by atoms with Gasteiger partial charge in [0, 0.05) is 17.6 Å². The van der Waals surface area contributed by atoms with E-state index in [9.17, 15) is 10.2 Å². The summed E-state index contributed by atoms with van der Waals surface area (Å²) in [5, 5.41) is 22.4. The average molecular weight is 230 g/mol. The van der Waals surface area contributed by atoms with E-state index >= 15 is 0 Å². The second-order valence-corrected chi connectivity index (χ2v) is 4.09. The lowest BCUT2D eigenvalue weighted by Crippen LogP contribution is -2.33. The molecule has 0 aliphatic carbocycles. The Morgan fingerprint density at radius 2 is 2.07 bits per heavy atom. The molecule has 1 saturated heterocycles. The predicted octanol–water partition coefficient (Wildman–Crippen LogP) is 1.38. The van der Waals surface area contributed by atoms with Gasteiger partial charge in [0.15, 0.2) is 0 Å². The maximum Gasteiger partial charge on any atom is 0.120 e. The fourth-order valence-electron chi connectivity index (χ4n) is 2.10. The monoisotopic (exact) mass is 229 g/mol. The summed E-state index contributed by atoms with van der Waals surface area (Å²) in [4.78, 5) is 0. The fraction of sp³-hybridized carbons (Fsp3) is 0.455. The van der Waals surface area contributed by atoms with Gasteiger partial charge in [-0.25, -0.2) is 0 Å². The Morgan fingerprint density at radius 3 is 2.60 bits per heavy atom. The first-order valence-corrected chi connectivity index (χ1v) is 4.83. The molecule has 3 N–H and O–H groups in total. The molecule has 0 bridgehead atoms. The molecule has 0 aromatic heterocycles. The number of rotatable bonds is 1. The van der Waals surface area contributed by atoms with Gasteiger partial charge in [0.1, 0.15) is 5.75 Å². The number of halogens is 1. The second-order valence-electron chi connectivity index (χ2n) is 4.09. The van der Waals surface area contributed by atoms with Crippen molar-refractivity contribution >= 4 is 12.4 Å². The number of nitrogens with one attached hydrogen (secondary N) is 1. The Balaban J connectivity index is 0.00000112. The maximum absolute atomic E-state index is 9.70. The zero-order valence-corrected chi connectivity index (χ0v) is 9.42. The van der Waals surface area contributed by atoms with Gasteiger partial charge in [-0.05, 0) is 19.4 Å². The zero-order valence-electron chi connectivity index (χ0n) is 8.60. The molecule has 0 spiro atoms. The van der Waals surface area contributed by atoms with Crippen LogP contribution in [0, 0.1) is 0 Å². The van der Waals surface area contributed by atoms with Gasteiger partial charge in [-0.1, -0.05) is 18.2 Å². The Morgan fingerprint density at radius 1 is 1.40 bits per heavy atom. The maximum atomic E-state index is 9.70. The average Bonchev–Trinajstić information content (AvgIpc) is 2.48. The van der Waals surface area contributed by atoms with Crippen molar-refractivity contribution in [2.45, 2.75) is 25.0 Å². The summed E-state index contributed by atoms with van der Waals surface area (Å²) >= 11 is 0. The number of benzene rings is 1. The van der Waals surface area contributed by atoms with E-state index in [2.05, 4.69) is 5.32 Å². The second kappa shape index (κ2) is 4.39. The lowest BCUT2D eigenvalue weighted by atomic mass is 9.89. The summed E-state index contributed by atoms with van der Waals surface area (Å²) in [7, 11) is 0. The van der Waals surface area contributed by atoms with Crippen molar-refractivity contribution < 1.29 is 10.2 Å². The van der Waals surface area contributed by atoms with Crippen LogP contribution in [-0.4, -0.2) is 22.9 Å². The molecule has 1 heterocycles. The highest BCUT2D eigenvalue weighted by molar-refractivity contribution is 5.85.